The first-order valence-electron chi connectivity index (χ1n) is 5.10. The predicted octanol–water partition coefficient (Wildman–Crippen LogP) is 2.81. The highest BCUT2D eigenvalue weighted by atomic mass is 35.5. The van der Waals surface area contributed by atoms with Crippen LogP contribution in [0.5, 0.6) is 0 Å². The normalized spacial score (nSPS) is 10.3. The van der Waals surface area contributed by atoms with E-state index in [1.165, 1.54) is 12.1 Å². The molecule has 0 aliphatic rings. The number of anilines is 1. The molecule has 0 atom stereocenters. The van der Waals surface area contributed by atoms with Crippen LogP contribution < -0.4 is 5.32 Å². The third kappa shape index (κ3) is 3.18. The van der Waals surface area contributed by atoms with Crippen molar-refractivity contribution < 1.29 is 9.90 Å². The first-order valence-corrected chi connectivity index (χ1v) is 6.30. The SMILES string of the molecule is Cc1cnc(CNc2cc(C(=O)O)cc(Cl)n2)s1. The van der Waals surface area contributed by atoms with Gasteiger partial charge in [0.15, 0.2) is 0 Å². The molecule has 0 bridgehead atoms. The van der Waals surface area contributed by atoms with Crippen molar-refractivity contribution in [2.75, 3.05) is 5.32 Å². The topological polar surface area (TPSA) is 75.1 Å². The number of pyridine rings is 1. The molecule has 0 spiro atoms. The van der Waals surface area contributed by atoms with Crippen molar-refractivity contribution in [2.45, 2.75) is 13.5 Å². The molecule has 0 saturated heterocycles. The number of nitrogens with one attached hydrogen (secondary N) is 1. The van der Waals surface area contributed by atoms with E-state index in [2.05, 4.69) is 15.3 Å². The average molecular weight is 284 g/mol. The minimum absolute atomic E-state index is 0.104. The lowest BCUT2D eigenvalue weighted by Crippen LogP contribution is -2.04. The van der Waals surface area contributed by atoms with E-state index in [1.807, 2.05) is 6.92 Å². The summed E-state index contributed by atoms with van der Waals surface area (Å²) < 4.78 is 0. The van der Waals surface area contributed by atoms with Crippen molar-refractivity contribution in [2.24, 2.45) is 0 Å². The Morgan fingerprint density at radius 3 is 2.94 bits per heavy atom. The van der Waals surface area contributed by atoms with Gasteiger partial charge in [-0.25, -0.2) is 14.8 Å². The van der Waals surface area contributed by atoms with Gasteiger partial charge in [0.05, 0.1) is 12.1 Å². The highest BCUT2D eigenvalue weighted by molar-refractivity contribution is 7.11. The van der Waals surface area contributed by atoms with E-state index in [0.29, 0.717) is 12.4 Å². The summed E-state index contributed by atoms with van der Waals surface area (Å²) in [5.74, 6) is -0.611. The number of halogens is 1. The highest BCUT2D eigenvalue weighted by Crippen LogP contribution is 2.17. The van der Waals surface area contributed by atoms with Gasteiger partial charge in [-0.2, -0.15) is 0 Å². The van der Waals surface area contributed by atoms with E-state index < -0.39 is 5.97 Å². The van der Waals surface area contributed by atoms with Gasteiger partial charge in [-0.1, -0.05) is 11.6 Å². The molecule has 0 saturated carbocycles. The van der Waals surface area contributed by atoms with Crippen LogP contribution in [0.25, 0.3) is 0 Å². The maximum atomic E-state index is 10.9. The average Bonchev–Trinajstić information content (AvgIpc) is 2.72. The van der Waals surface area contributed by atoms with Gasteiger partial charge in [0.2, 0.25) is 0 Å². The third-order valence-electron chi connectivity index (χ3n) is 2.13. The monoisotopic (exact) mass is 283 g/mol. The number of carbonyl (C=O) groups is 1. The first-order chi connectivity index (χ1) is 8.54. The van der Waals surface area contributed by atoms with Crippen LogP contribution in [-0.4, -0.2) is 21.0 Å². The van der Waals surface area contributed by atoms with Crippen molar-refractivity contribution in [3.63, 3.8) is 0 Å². The van der Waals surface area contributed by atoms with Gasteiger partial charge in [0.25, 0.3) is 0 Å². The smallest absolute Gasteiger partial charge is 0.335 e. The summed E-state index contributed by atoms with van der Waals surface area (Å²) in [6, 6.07) is 2.75. The van der Waals surface area contributed by atoms with Gasteiger partial charge in [-0.15, -0.1) is 11.3 Å². The summed E-state index contributed by atoms with van der Waals surface area (Å²) in [4.78, 5) is 20.2. The van der Waals surface area contributed by atoms with Gasteiger partial charge in [-0.3, -0.25) is 0 Å². The van der Waals surface area contributed by atoms with E-state index in [4.69, 9.17) is 16.7 Å². The lowest BCUT2D eigenvalue weighted by atomic mass is 10.2. The summed E-state index contributed by atoms with van der Waals surface area (Å²) in [5, 5.41) is 13.0. The molecule has 2 heterocycles. The second-order valence-electron chi connectivity index (χ2n) is 3.59. The first kappa shape index (κ1) is 12.8. The van der Waals surface area contributed by atoms with Crippen molar-refractivity contribution in [3.05, 3.63) is 38.9 Å². The van der Waals surface area contributed by atoms with Crippen LogP contribution >= 0.6 is 22.9 Å². The molecule has 5 nitrogen and oxygen atoms in total. The van der Waals surface area contributed by atoms with Crippen molar-refractivity contribution in [3.8, 4) is 0 Å². The molecule has 0 aromatic carbocycles. The largest absolute Gasteiger partial charge is 0.478 e. The fourth-order valence-corrected chi connectivity index (χ4v) is 2.30. The molecule has 2 rings (SSSR count). The predicted molar refractivity (Wildman–Crippen MR) is 70.4 cm³/mol. The Morgan fingerprint density at radius 2 is 2.33 bits per heavy atom. The van der Waals surface area contributed by atoms with Crippen LogP contribution in [0, 0.1) is 6.92 Å². The Hall–Kier alpha value is -1.66. The molecular weight excluding hydrogens is 274 g/mol. The van der Waals surface area contributed by atoms with Crippen LogP contribution in [0.15, 0.2) is 18.3 Å². The molecule has 0 aliphatic carbocycles. The molecule has 18 heavy (non-hydrogen) atoms. The minimum Gasteiger partial charge on any atom is -0.478 e. The number of hydrogen-bond donors (Lipinski definition) is 2. The Kier molecular flexibility index (Phi) is 3.78. The van der Waals surface area contributed by atoms with Crippen molar-refractivity contribution >= 4 is 34.7 Å². The maximum Gasteiger partial charge on any atom is 0.335 e. The molecule has 2 aromatic heterocycles. The number of carboxylic acid groups (broad SMARTS) is 1. The second-order valence-corrected chi connectivity index (χ2v) is 5.29. The van der Waals surface area contributed by atoms with Gasteiger partial charge in [-0.05, 0) is 19.1 Å². The molecule has 2 aromatic rings. The zero-order chi connectivity index (χ0) is 13.1. The Morgan fingerprint density at radius 1 is 1.56 bits per heavy atom. The van der Waals surface area contributed by atoms with Crippen LogP contribution in [0.3, 0.4) is 0 Å². The second kappa shape index (κ2) is 5.32. The molecule has 0 radical (unpaired) electrons. The fraction of sp³-hybridized carbons (Fsp3) is 0.182. The molecule has 0 aliphatic heterocycles. The Bertz CT molecular complexity index is 585. The van der Waals surface area contributed by atoms with E-state index in [-0.39, 0.29) is 10.7 Å². The number of aryl methyl sites for hydroxylation is 1. The quantitative estimate of drug-likeness (QED) is 0.844. The van der Waals surface area contributed by atoms with E-state index in [9.17, 15) is 4.79 Å². The number of hydrogen-bond acceptors (Lipinski definition) is 5. The molecule has 94 valence electrons. The highest BCUT2D eigenvalue weighted by Gasteiger charge is 2.07. The number of aromatic nitrogens is 2. The molecule has 0 unspecified atom stereocenters. The van der Waals surface area contributed by atoms with Gasteiger partial charge >= 0.3 is 5.97 Å². The Labute approximate surface area is 112 Å². The minimum atomic E-state index is -1.03. The van der Waals surface area contributed by atoms with Gasteiger partial charge in [0.1, 0.15) is 16.0 Å². The maximum absolute atomic E-state index is 10.9. The molecule has 0 fully saturated rings. The van der Waals surface area contributed by atoms with Crippen molar-refractivity contribution in [1.82, 2.24) is 9.97 Å². The molecule has 0 amide bonds. The Balaban J connectivity index is 2.11. The summed E-state index contributed by atoms with van der Waals surface area (Å²) >= 11 is 7.32. The van der Waals surface area contributed by atoms with Crippen LogP contribution in [0.1, 0.15) is 20.2 Å². The van der Waals surface area contributed by atoms with Crippen LogP contribution in [0.4, 0.5) is 5.82 Å². The van der Waals surface area contributed by atoms with Crippen LogP contribution in [0.2, 0.25) is 5.15 Å². The summed E-state index contributed by atoms with van der Waals surface area (Å²) in [5.41, 5.74) is 0.104. The summed E-state index contributed by atoms with van der Waals surface area (Å²) in [7, 11) is 0. The van der Waals surface area contributed by atoms with Crippen molar-refractivity contribution in [1.29, 1.82) is 0 Å². The third-order valence-corrected chi connectivity index (χ3v) is 3.24. The van der Waals surface area contributed by atoms with Crippen LogP contribution in [-0.2, 0) is 6.54 Å². The van der Waals surface area contributed by atoms with E-state index >= 15 is 0 Å². The molecule has 2 N–H and O–H groups in total. The number of nitrogens with zero attached hydrogens (tertiary/aromatic N) is 2. The zero-order valence-electron chi connectivity index (χ0n) is 9.48. The summed E-state index contributed by atoms with van der Waals surface area (Å²) in [6.07, 6.45) is 1.79. The van der Waals surface area contributed by atoms with E-state index in [0.717, 1.165) is 9.88 Å². The molecule has 7 heteroatoms. The number of carboxylic acids is 1. The zero-order valence-corrected chi connectivity index (χ0v) is 11.0. The summed E-state index contributed by atoms with van der Waals surface area (Å²) in [6.45, 7) is 2.46. The standard InChI is InChI=1S/C11H10ClN3O2S/c1-6-4-14-10(18-6)5-13-9-3-7(11(16)17)2-8(12)15-9/h2-4H,5H2,1H3,(H,13,15)(H,16,17). The molecular formula is C11H10ClN3O2S. The number of thiazole rings is 1. The van der Waals surface area contributed by atoms with E-state index in [1.54, 1.807) is 17.5 Å². The lowest BCUT2D eigenvalue weighted by molar-refractivity contribution is 0.0697. The number of rotatable bonds is 4. The van der Waals surface area contributed by atoms with Gasteiger partial charge < -0.3 is 10.4 Å². The fourth-order valence-electron chi connectivity index (χ4n) is 1.36. The lowest BCUT2D eigenvalue weighted by Gasteiger charge is -2.05. The van der Waals surface area contributed by atoms with Gasteiger partial charge in [0, 0.05) is 11.1 Å². The number of aromatic carboxylic acids is 1.